The molecule has 170 valence electrons. The first kappa shape index (κ1) is 24.6. The lowest BCUT2D eigenvalue weighted by Gasteiger charge is -2.32. The third kappa shape index (κ3) is 10.4. The number of aliphatic imine (C=N–C) groups is 1. The molecule has 6 heteroatoms. The predicted octanol–water partition coefficient (Wildman–Crippen LogP) is 3.21. The van der Waals surface area contributed by atoms with Gasteiger partial charge in [-0.25, -0.2) is 0 Å². The van der Waals surface area contributed by atoms with Crippen LogP contribution in [-0.2, 0) is 16.0 Å². The molecule has 30 heavy (non-hydrogen) atoms. The summed E-state index contributed by atoms with van der Waals surface area (Å²) >= 11 is 0. The van der Waals surface area contributed by atoms with Crippen LogP contribution in [0, 0.1) is 12.8 Å². The second kappa shape index (κ2) is 15.2. The molecule has 1 fully saturated rings. The van der Waals surface area contributed by atoms with Crippen molar-refractivity contribution in [2.24, 2.45) is 10.9 Å². The van der Waals surface area contributed by atoms with E-state index in [4.69, 9.17) is 9.47 Å². The lowest BCUT2D eigenvalue weighted by Crippen LogP contribution is -2.43. The summed E-state index contributed by atoms with van der Waals surface area (Å²) in [4.78, 5) is 6.89. The molecule has 2 rings (SSSR count). The molecule has 1 heterocycles. The number of nitrogens with zero attached hydrogens (tertiary/aromatic N) is 2. The Morgan fingerprint density at radius 1 is 1.03 bits per heavy atom. The van der Waals surface area contributed by atoms with Gasteiger partial charge >= 0.3 is 0 Å². The molecule has 0 bridgehead atoms. The Balaban J connectivity index is 1.51. The molecule has 0 amide bonds. The summed E-state index contributed by atoms with van der Waals surface area (Å²) in [6, 6.07) is 8.91. The van der Waals surface area contributed by atoms with Gasteiger partial charge in [-0.1, -0.05) is 43.2 Å². The summed E-state index contributed by atoms with van der Waals surface area (Å²) in [6.07, 6.45) is 4.76. The van der Waals surface area contributed by atoms with Crippen LogP contribution in [-0.4, -0.2) is 70.5 Å². The number of unbranched alkanes of at least 4 members (excludes halogenated alkanes) is 1. The van der Waals surface area contributed by atoms with Crippen LogP contribution in [0.4, 0.5) is 0 Å². The Morgan fingerprint density at radius 3 is 2.40 bits per heavy atom. The van der Waals surface area contributed by atoms with Crippen LogP contribution in [0.15, 0.2) is 29.3 Å². The number of benzene rings is 1. The Bertz CT molecular complexity index is 583. The maximum absolute atomic E-state index is 5.59. The molecule has 1 aliphatic rings. The molecule has 1 aliphatic heterocycles. The van der Waals surface area contributed by atoms with Gasteiger partial charge in [0.15, 0.2) is 5.96 Å². The van der Waals surface area contributed by atoms with Gasteiger partial charge in [-0.3, -0.25) is 9.89 Å². The quantitative estimate of drug-likeness (QED) is 0.293. The van der Waals surface area contributed by atoms with Crippen molar-refractivity contribution in [3.63, 3.8) is 0 Å². The first-order chi connectivity index (χ1) is 14.7. The Labute approximate surface area is 183 Å². The lowest BCUT2D eigenvalue weighted by atomic mass is 9.96. The summed E-state index contributed by atoms with van der Waals surface area (Å²) in [5.41, 5.74) is 2.74. The molecule has 1 aromatic carbocycles. The molecule has 0 aliphatic carbocycles. The molecule has 2 N–H and O–H groups in total. The van der Waals surface area contributed by atoms with Crippen molar-refractivity contribution in [1.29, 1.82) is 0 Å². The predicted molar refractivity (Wildman–Crippen MR) is 125 cm³/mol. The Morgan fingerprint density at radius 2 is 1.73 bits per heavy atom. The standard InChI is InChI=1S/C24H42N4O2/c1-4-5-15-29-17-18-30-16-12-26-24(25-3)27-19-22-10-13-28(14-11-22)20-23-8-6-21(2)7-9-23/h6-9,22H,4-5,10-20H2,1-3H3,(H2,25,26,27). The maximum Gasteiger partial charge on any atom is 0.191 e. The van der Waals surface area contributed by atoms with Crippen LogP contribution in [0.5, 0.6) is 0 Å². The molecule has 0 atom stereocenters. The minimum absolute atomic E-state index is 0.651. The zero-order valence-corrected chi connectivity index (χ0v) is 19.3. The van der Waals surface area contributed by atoms with Gasteiger partial charge < -0.3 is 20.1 Å². The fraction of sp³-hybridized carbons (Fsp3) is 0.708. The highest BCUT2D eigenvalue weighted by atomic mass is 16.5. The highest BCUT2D eigenvalue weighted by Gasteiger charge is 2.19. The lowest BCUT2D eigenvalue weighted by molar-refractivity contribution is 0.0487. The summed E-state index contributed by atoms with van der Waals surface area (Å²) in [5, 5.41) is 6.80. The molecule has 6 nitrogen and oxygen atoms in total. The van der Waals surface area contributed by atoms with Crippen molar-refractivity contribution in [2.45, 2.75) is 46.1 Å². The number of likely N-dealkylation sites (tertiary alicyclic amines) is 1. The van der Waals surface area contributed by atoms with Crippen molar-refractivity contribution in [3.8, 4) is 0 Å². The van der Waals surface area contributed by atoms with Gasteiger partial charge in [0.1, 0.15) is 0 Å². The van der Waals surface area contributed by atoms with Gasteiger partial charge in [0.2, 0.25) is 0 Å². The molecule has 1 aromatic rings. The first-order valence-electron chi connectivity index (χ1n) is 11.6. The van der Waals surface area contributed by atoms with E-state index in [2.05, 4.69) is 58.6 Å². The first-order valence-corrected chi connectivity index (χ1v) is 11.6. The summed E-state index contributed by atoms with van der Waals surface area (Å²) < 4.78 is 11.1. The smallest absolute Gasteiger partial charge is 0.191 e. The fourth-order valence-corrected chi connectivity index (χ4v) is 3.57. The molecule has 0 spiro atoms. The van der Waals surface area contributed by atoms with Gasteiger partial charge in [0, 0.05) is 33.3 Å². The van der Waals surface area contributed by atoms with E-state index >= 15 is 0 Å². The SMILES string of the molecule is CCCCOCCOCCNC(=NC)NCC1CCN(Cc2ccc(C)cc2)CC1. The van der Waals surface area contributed by atoms with Crippen LogP contribution >= 0.6 is 0 Å². The molecular formula is C24H42N4O2. The van der Waals surface area contributed by atoms with Crippen LogP contribution in [0.2, 0.25) is 0 Å². The summed E-state index contributed by atoms with van der Waals surface area (Å²) in [6.45, 7) is 12.3. The van der Waals surface area contributed by atoms with Crippen molar-refractivity contribution >= 4 is 5.96 Å². The number of piperidine rings is 1. The summed E-state index contributed by atoms with van der Waals surface area (Å²) in [7, 11) is 1.82. The monoisotopic (exact) mass is 418 g/mol. The van der Waals surface area contributed by atoms with Crippen LogP contribution in [0.25, 0.3) is 0 Å². The van der Waals surface area contributed by atoms with E-state index < -0.39 is 0 Å². The minimum Gasteiger partial charge on any atom is -0.379 e. The van der Waals surface area contributed by atoms with Gasteiger partial charge in [-0.05, 0) is 50.8 Å². The van der Waals surface area contributed by atoms with E-state index in [9.17, 15) is 0 Å². The van der Waals surface area contributed by atoms with Gasteiger partial charge in [0.05, 0.1) is 19.8 Å². The topological polar surface area (TPSA) is 58.1 Å². The fourth-order valence-electron chi connectivity index (χ4n) is 3.57. The van der Waals surface area contributed by atoms with Crippen molar-refractivity contribution in [2.75, 3.05) is 59.7 Å². The van der Waals surface area contributed by atoms with Crippen LogP contribution < -0.4 is 10.6 Å². The van der Waals surface area contributed by atoms with E-state index in [-0.39, 0.29) is 0 Å². The van der Waals surface area contributed by atoms with Crippen LogP contribution in [0.1, 0.15) is 43.7 Å². The van der Waals surface area contributed by atoms with Crippen molar-refractivity contribution in [1.82, 2.24) is 15.5 Å². The third-order valence-electron chi connectivity index (χ3n) is 5.57. The second-order valence-corrected chi connectivity index (χ2v) is 8.16. The Kier molecular flexibility index (Phi) is 12.5. The highest BCUT2D eigenvalue weighted by molar-refractivity contribution is 5.79. The average Bonchev–Trinajstić information content (AvgIpc) is 2.77. The zero-order valence-electron chi connectivity index (χ0n) is 19.3. The molecule has 0 aromatic heterocycles. The molecule has 0 saturated carbocycles. The molecule has 0 unspecified atom stereocenters. The largest absolute Gasteiger partial charge is 0.379 e. The van der Waals surface area contributed by atoms with E-state index in [1.807, 2.05) is 7.05 Å². The highest BCUT2D eigenvalue weighted by Crippen LogP contribution is 2.18. The number of hydrogen-bond acceptors (Lipinski definition) is 4. The average molecular weight is 419 g/mol. The van der Waals surface area contributed by atoms with Gasteiger partial charge in [-0.15, -0.1) is 0 Å². The maximum atomic E-state index is 5.59. The van der Waals surface area contributed by atoms with Gasteiger partial charge in [0.25, 0.3) is 0 Å². The zero-order chi connectivity index (χ0) is 21.4. The normalized spacial score (nSPS) is 16.0. The van der Waals surface area contributed by atoms with E-state index in [0.717, 1.165) is 38.6 Å². The van der Waals surface area contributed by atoms with Crippen LogP contribution in [0.3, 0.4) is 0 Å². The molecule has 1 saturated heterocycles. The van der Waals surface area contributed by atoms with E-state index in [1.165, 1.54) is 43.5 Å². The number of guanidine groups is 1. The number of ether oxygens (including phenoxy) is 2. The number of rotatable bonds is 13. The summed E-state index contributed by atoms with van der Waals surface area (Å²) in [5.74, 6) is 1.56. The minimum atomic E-state index is 0.651. The van der Waals surface area contributed by atoms with E-state index in [1.54, 1.807) is 0 Å². The number of hydrogen-bond donors (Lipinski definition) is 2. The van der Waals surface area contributed by atoms with Crippen molar-refractivity contribution in [3.05, 3.63) is 35.4 Å². The van der Waals surface area contributed by atoms with E-state index in [0.29, 0.717) is 25.7 Å². The molecule has 0 radical (unpaired) electrons. The number of nitrogens with one attached hydrogen (secondary N) is 2. The Hall–Kier alpha value is -1.63. The number of aryl methyl sites for hydroxylation is 1. The van der Waals surface area contributed by atoms with Gasteiger partial charge in [-0.2, -0.15) is 0 Å². The second-order valence-electron chi connectivity index (χ2n) is 8.16. The molecular weight excluding hydrogens is 376 g/mol. The third-order valence-corrected chi connectivity index (χ3v) is 5.57. The van der Waals surface area contributed by atoms with Crippen molar-refractivity contribution < 1.29 is 9.47 Å².